The molecule has 2 rings (SSSR count). The molecule has 1 aromatic heterocycles. The van der Waals surface area contributed by atoms with Gasteiger partial charge in [0.05, 0.1) is 0 Å². The van der Waals surface area contributed by atoms with Gasteiger partial charge in [0.2, 0.25) is 5.56 Å². The summed E-state index contributed by atoms with van der Waals surface area (Å²) in [5.74, 6) is 0.742. The Hall–Kier alpha value is -1.09. The lowest BCUT2D eigenvalue weighted by Gasteiger charge is -2.06. The maximum atomic E-state index is 10.8. The summed E-state index contributed by atoms with van der Waals surface area (Å²) in [6.07, 6.45) is 4.14. The van der Waals surface area contributed by atoms with Crippen molar-refractivity contribution in [3.63, 3.8) is 0 Å². The second-order valence-corrected chi connectivity index (χ2v) is 3.62. The zero-order valence-corrected chi connectivity index (χ0v) is 7.55. The van der Waals surface area contributed by atoms with Crippen molar-refractivity contribution in [2.45, 2.75) is 12.8 Å². The van der Waals surface area contributed by atoms with Gasteiger partial charge in [0.15, 0.2) is 0 Å². The van der Waals surface area contributed by atoms with E-state index in [1.165, 1.54) is 12.0 Å². The van der Waals surface area contributed by atoms with Gasteiger partial charge in [-0.15, -0.1) is 0 Å². The van der Waals surface area contributed by atoms with E-state index in [0.717, 1.165) is 25.4 Å². The third-order valence-electron chi connectivity index (χ3n) is 2.54. The first kappa shape index (κ1) is 8.51. The molecule has 1 fully saturated rings. The third-order valence-corrected chi connectivity index (χ3v) is 2.54. The van der Waals surface area contributed by atoms with Gasteiger partial charge in [-0.2, -0.15) is 0 Å². The Labute approximate surface area is 77.2 Å². The molecule has 0 radical (unpaired) electrons. The van der Waals surface area contributed by atoms with Crippen LogP contribution in [0.2, 0.25) is 0 Å². The van der Waals surface area contributed by atoms with Crippen molar-refractivity contribution < 1.29 is 0 Å². The van der Waals surface area contributed by atoms with Gasteiger partial charge in [0.25, 0.3) is 0 Å². The fourth-order valence-electron chi connectivity index (χ4n) is 1.79. The average Bonchev–Trinajstić information content (AvgIpc) is 2.62. The standard InChI is InChI=1S/C10H14N2O/c13-10-2-1-8(7-12-10)5-9-3-4-11-6-9/h1-2,7,9,11H,3-6H2,(H,12,13). The normalized spacial score (nSPS) is 22.0. The molecule has 2 heterocycles. The highest BCUT2D eigenvalue weighted by molar-refractivity contribution is 5.09. The predicted molar refractivity (Wildman–Crippen MR) is 51.7 cm³/mol. The smallest absolute Gasteiger partial charge is 0.247 e. The number of hydrogen-bond acceptors (Lipinski definition) is 2. The Morgan fingerprint density at radius 3 is 3.00 bits per heavy atom. The topological polar surface area (TPSA) is 44.9 Å². The van der Waals surface area contributed by atoms with Gasteiger partial charge in [-0.1, -0.05) is 6.07 Å². The van der Waals surface area contributed by atoms with Gasteiger partial charge in [0, 0.05) is 12.3 Å². The second-order valence-electron chi connectivity index (χ2n) is 3.62. The molecule has 1 aromatic rings. The molecule has 2 N–H and O–H groups in total. The summed E-state index contributed by atoms with van der Waals surface area (Å²) < 4.78 is 0. The van der Waals surface area contributed by atoms with E-state index < -0.39 is 0 Å². The van der Waals surface area contributed by atoms with Crippen LogP contribution in [0.5, 0.6) is 0 Å². The summed E-state index contributed by atoms with van der Waals surface area (Å²) in [6.45, 7) is 2.24. The van der Waals surface area contributed by atoms with Gasteiger partial charge >= 0.3 is 0 Å². The van der Waals surface area contributed by atoms with Crippen molar-refractivity contribution in [1.29, 1.82) is 0 Å². The van der Waals surface area contributed by atoms with Crippen LogP contribution < -0.4 is 10.9 Å². The zero-order valence-electron chi connectivity index (χ0n) is 7.55. The molecule has 0 saturated carbocycles. The summed E-state index contributed by atoms with van der Waals surface area (Å²) in [7, 11) is 0. The fourth-order valence-corrected chi connectivity index (χ4v) is 1.79. The lowest BCUT2D eigenvalue weighted by Crippen LogP contribution is -2.11. The van der Waals surface area contributed by atoms with Crippen molar-refractivity contribution >= 4 is 0 Å². The highest BCUT2D eigenvalue weighted by Gasteiger charge is 2.14. The van der Waals surface area contributed by atoms with Crippen LogP contribution in [0.15, 0.2) is 23.1 Å². The Balaban J connectivity index is 2.00. The minimum absolute atomic E-state index is 0.0201. The zero-order chi connectivity index (χ0) is 9.10. The van der Waals surface area contributed by atoms with E-state index in [1.54, 1.807) is 6.07 Å². The second kappa shape index (κ2) is 3.75. The molecular formula is C10H14N2O. The molecule has 13 heavy (non-hydrogen) atoms. The molecule has 1 unspecified atom stereocenters. The number of rotatable bonds is 2. The van der Waals surface area contributed by atoms with Gasteiger partial charge in [-0.05, 0) is 37.4 Å². The molecule has 1 atom stereocenters. The van der Waals surface area contributed by atoms with Crippen molar-refractivity contribution in [1.82, 2.24) is 10.3 Å². The van der Waals surface area contributed by atoms with E-state index >= 15 is 0 Å². The maximum absolute atomic E-state index is 10.8. The van der Waals surface area contributed by atoms with Crippen molar-refractivity contribution in [2.75, 3.05) is 13.1 Å². The first-order valence-electron chi connectivity index (χ1n) is 4.73. The Bertz CT molecular complexity index is 305. The van der Waals surface area contributed by atoms with Crippen LogP contribution in [-0.4, -0.2) is 18.1 Å². The molecule has 0 aromatic carbocycles. The van der Waals surface area contributed by atoms with Gasteiger partial charge in [-0.25, -0.2) is 0 Å². The highest BCUT2D eigenvalue weighted by atomic mass is 16.1. The van der Waals surface area contributed by atoms with E-state index in [1.807, 2.05) is 12.3 Å². The van der Waals surface area contributed by atoms with Crippen molar-refractivity contribution in [3.8, 4) is 0 Å². The highest BCUT2D eigenvalue weighted by Crippen LogP contribution is 2.13. The molecule has 0 bridgehead atoms. The summed E-state index contributed by atoms with van der Waals surface area (Å²) >= 11 is 0. The molecule has 0 spiro atoms. The minimum atomic E-state index is -0.0201. The lowest BCUT2D eigenvalue weighted by molar-refractivity contribution is 0.579. The predicted octanol–water partition coefficient (Wildman–Crippen LogP) is 0.527. The van der Waals surface area contributed by atoms with E-state index in [4.69, 9.17) is 0 Å². The Morgan fingerprint density at radius 2 is 2.38 bits per heavy atom. The number of hydrogen-bond donors (Lipinski definition) is 2. The van der Waals surface area contributed by atoms with Crippen LogP contribution in [0.4, 0.5) is 0 Å². The Morgan fingerprint density at radius 1 is 1.46 bits per heavy atom. The first-order chi connectivity index (χ1) is 6.34. The number of H-pyrrole nitrogens is 1. The molecule has 0 amide bonds. The molecule has 3 heteroatoms. The number of aromatic nitrogens is 1. The fraction of sp³-hybridized carbons (Fsp3) is 0.500. The number of aromatic amines is 1. The van der Waals surface area contributed by atoms with Gasteiger partial charge < -0.3 is 10.3 Å². The number of pyridine rings is 1. The van der Waals surface area contributed by atoms with E-state index in [2.05, 4.69) is 10.3 Å². The monoisotopic (exact) mass is 178 g/mol. The van der Waals surface area contributed by atoms with E-state index in [-0.39, 0.29) is 5.56 Å². The maximum Gasteiger partial charge on any atom is 0.247 e. The summed E-state index contributed by atoms with van der Waals surface area (Å²) in [6, 6.07) is 3.51. The quantitative estimate of drug-likeness (QED) is 0.693. The average molecular weight is 178 g/mol. The minimum Gasteiger partial charge on any atom is -0.329 e. The summed E-state index contributed by atoms with van der Waals surface area (Å²) in [4.78, 5) is 13.5. The van der Waals surface area contributed by atoms with Crippen LogP contribution in [-0.2, 0) is 6.42 Å². The van der Waals surface area contributed by atoms with Gasteiger partial charge in [-0.3, -0.25) is 4.79 Å². The molecule has 0 aliphatic carbocycles. The lowest BCUT2D eigenvalue weighted by atomic mass is 10.0. The van der Waals surface area contributed by atoms with Crippen molar-refractivity contribution in [2.24, 2.45) is 5.92 Å². The summed E-state index contributed by atoms with van der Waals surface area (Å²) in [5, 5.41) is 3.33. The van der Waals surface area contributed by atoms with E-state index in [9.17, 15) is 4.79 Å². The number of nitrogens with one attached hydrogen (secondary N) is 2. The summed E-state index contributed by atoms with van der Waals surface area (Å²) in [5.41, 5.74) is 1.21. The Kier molecular flexibility index (Phi) is 2.45. The van der Waals surface area contributed by atoms with Gasteiger partial charge in [0.1, 0.15) is 0 Å². The molecule has 1 aliphatic rings. The molecule has 3 nitrogen and oxygen atoms in total. The largest absolute Gasteiger partial charge is 0.329 e. The SMILES string of the molecule is O=c1ccc(CC2CCNC2)c[nH]1. The van der Waals surface area contributed by atoms with Crippen LogP contribution in [0.3, 0.4) is 0 Å². The van der Waals surface area contributed by atoms with Crippen molar-refractivity contribution in [3.05, 3.63) is 34.2 Å². The van der Waals surface area contributed by atoms with Crippen LogP contribution in [0.1, 0.15) is 12.0 Å². The first-order valence-corrected chi connectivity index (χ1v) is 4.73. The molecular weight excluding hydrogens is 164 g/mol. The third kappa shape index (κ3) is 2.18. The van der Waals surface area contributed by atoms with Crippen LogP contribution >= 0.6 is 0 Å². The molecule has 1 saturated heterocycles. The molecule has 1 aliphatic heterocycles. The van der Waals surface area contributed by atoms with Crippen LogP contribution in [0.25, 0.3) is 0 Å². The van der Waals surface area contributed by atoms with E-state index in [0.29, 0.717) is 0 Å². The molecule has 70 valence electrons. The van der Waals surface area contributed by atoms with Crippen LogP contribution in [0, 0.1) is 5.92 Å².